The van der Waals surface area contributed by atoms with E-state index in [0.29, 0.717) is 18.0 Å². The summed E-state index contributed by atoms with van der Waals surface area (Å²) < 4.78 is 13.4. The molecule has 2 aliphatic rings. The van der Waals surface area contributed by atoms with Gasteiger partial charge >= 0.3 is 0 Å². The molecule has 2 aromatic rings. The molecule has 2 aromatic heterocycles. The van der Waals surface area contributed by atoms with Gasteiger partial charge in [0.05, 0.1) is 6.20 Å². The average Bonchev–Trinajstić information content (AvgIpc) is 3.32. The first-order valence-corrected chi connectivity index (χ1v) is 9.91. The second kappa shape index (κ2) is 7.88. The highest BCUT2D eigenvalue weighted by molar-refractivity contribution is 5.12. The Bertz CT molecular complexity index is 704. The maximum absolute atomic E-state index is 6.09. The molecular weight excluding hydrogens is 330 g/mol. The van der Waals surface area contributed by atoms with E-state index >= 15 is 0 Å². The lowest BCUT2D eigenvalue weighted by atomic mass is 9.85. The summed E-state index contributed by atoms with van der Waals surface area (Å²) in [4.78, 5) is 4.52. The standard InChI is InChI=1S/C19H29N5O2/c1-3-17-22-19(26-23-17)13-6-8-15(9-7-13)21-16-5-4-10-25-18(16)14-11-20-24(2)12-14/h11-13,15-16,18,21H,3-10H2,1-2H3/t13?,15?,16-,18+/m0/s1. The van der Waals surface area contributed by atoms with Gasteiger partial charge in [0.1, 0.15) is 6.10 Å². The monoisotopic (exact) mass is 359 g/mol. The quantitative estimate of drug-likeness (QED) is 0.884. The lowest BCUT2D eigenvalue weighted by molar-refractivity contribution is -0.0154. The van der Waals surface area contributed by atoms with Gasteiger partial charge in [-0.1, -0.05) is 12.1 Å². The first-order valence-electron chi connectivity index (χ1n) is 9.91. The smallest absolute Gasteiger partial charge is 0.229 e. The minimum absolute atomic E-state index is 0.109. The lowest BCUT2D eigenvalue weighted by Crippen LogP contribution is -2.46. The SMILES string of the molecule is CCc1noc(C2CCC(N[C@H]3CCCO[C@@H]3c3cnn(C)c3)CC2)n1. The summed E-state index contributed by atoms with van der Waals surface area (Å²) in [6.07, 6.45) is 11.7. The van der Waals surface area contributed by atoms with Gasteiger partial charge in [-0.15, -0.1) is 0 Å². The van der Waals surface area contributed by atoms with E-state index in [0.717, 1.165) is 63.3 Å². The van der Waals surface area contributed by atoms with Gasteiger partial charge in [-0.05, 0) is 38.5 Å². The van der Waals surface area contributed by atoms with Crippen LogP contribution in [-0.4, -0.2) is 38.6 Å². The van der Waals surface area contributed by atoms with Crippen molar-refractivity contribution in [2.24, 2.45) is 7.05 Å². The number of rotatable bonds is 5. The molecule has 142 valence electrons. The zero-order valence-corrected chi connectivity index (χ0v) is 15.7. The predicted octanol–water partition coefficient (Wildman–Crippen LogP) is 2.90. The van der Waals surface area contributed by atoms with E-state index < -0.39 is 0 Å². The molecule has 0 aromatic carbocycles. The van der Waals surface area contributed by atoms with Gasteiger partial charge in [0.15, 0.2) is 5.82 Å². The van der Waals surface area contributed by atoms with Gasteiger partial charge in [-0.25, -0.2) is 0 Å². The molecule has 7 nitrogen and oxygen atoms in total. The first kappa shape index (κ1) is 17.7. The molecule has 2 fully saturated rings. The summed E-state index contributed by atoms with van der Waals surface area (Å²) in [5, 5.41) is 12.2. The normalized spacial score (nSPS) is 29.8. The Hall–Kier alpha value is -1.73. The van der Waals surface area contributed by atoms with E-state index in [1.165, 1.54) is 5.56 Å². The highest BCUT2D eigenvalue weighted by Crippen LogP contribution is 2.34. The van der Waals surface area contributed by atoms with Crippen molar-refractivity contribution in [3.8, 4) is 0 Å². The summed E-state index contributed by atoms with van der Waals surface area (Å²) in [5.41, 5.74) is 1.18. The molecule has 0 unspecified atom stereocenters. The van der Waals surface area contributed by atoms with Gasteiger partial charge in [0.25, 0.3) is 0 Å². The van der Waals surface area contributed by atoms with Gasteiger partial charge in [0, 0.05) is 49.8 Å². The van der Waals surface area contributed by atoms with Crippen molar-refractivity contribution in [1.29, 1.82) is 0 Å². The summed E-state index contributed by atoms with van der Waals surface area (Å²) in [7, 11) is 1.96. The minimum Gasteiger partial charge on any atom is -0.372 e. The number of hydrogen-bond donors (Lipinski definition) is 1. The van der Waals surface area contributed by atoms with Gasteiger partial charge in [-0.2, -0.15) is 10.1 Å². The molecule has 0 amide bonds. The third-order valence-corrected chi connectivity index (χ3v) is 5.70. The highest BCUT2D eigenvalue weighted by atomic mass is 16.5. The zero-order chi connectivity index (χ0) is 17.9. The fourth-order valence-electron chi connectivity index (χ4n) is 4.25. The largest absolute Gasteiger partial charge is 0.372 e. The number of ether oxygens (including phenoxy) is 1. The molecule has 0 spiro atoms. The van der Waals surface area contributed by atoms with Crippen LogP contribution in [0, 0.1) is 0 Å². The molecule has 1 aliphatic carbocycles. The number of nitrogens with one attached hydrogen (secondary N) is 1. The van der Waals surface area contributed by atoms with Crippen LogP contribution < -0.4 is 5.32 Å². The van der Waals surface area contributed by atoms with Crippen molar-refractivity contribution < 1.29 is 9.26 Å². The molecule has 0 bridgehead atoms. The number of aromatic nitrogens is 4. The first-order chi connectivity index (χ1) is 12.7. The molecule has 7 heteroatoms. The van der Waals surface area contributed by atoms with Crippen molar-refractivity contribution in [3.05, 3.63) is 29.7 Å². The maximum atomic E-state index is 6.09. The Morgan fingerprint density at radius 2 is 2.08 bits per heavy atom. The van der Waals surface area contributed by atoms with Gasteiger partial charge < -0.3 is 14.6 Å². The van der Waals surface area contributed by atoms with Crippen LogP contribution in [0.4, 0.5) is 0 Å². The predicted molar refractivity (Wildman–Crippen MR) is 96.7 cm³/mol. The summed E-state index contributed by atoms with van der Waals surface area (Å²) in [6.45, 7) is 2.89. The Kier molecular flexibility index (Phi) is 5.36. The van der Waals surface area contributed by atoms with Crippen LogP contribution in [0.2, 0.25) is 0 Å². The van der Waals surface area contributed by atoms with Crippen LogP contribution in [-0.2, 0) is 18.2 Å². The molecule has 1 N–H and O–H groups in total. The van der Waals surface area contributed by atoms with Crippen LogP contribution in [0.25, 0.3) is 0 Å². The van der Waals surface area contributed by atoms with Crippen LogP contribution in [0.15, 0.2) is 16.9 Å². The number of hydrogen-bond acceptors (Lipinski definition) is 6. The van der Waals surface area contributed by atoms with Gasteiger partial charge in [0.2, 0.25) is 5.89 Å². The fourth-order valence-corrected chi connectivity index (χ4v) is 4.25. The van der Waals surface area contributed by atoms with Crippen molar-refractivity contribution in [2.75, 3.05) is 6.61 Å². The maximum Gasteiger partial charge on any atom is 0.229 e. The van der Waals surface area contributed by atoms with Crippen LogP contribution in [0.5, 0.6) is 0 Å². The Morgan fingerprint density at radius 1 is 1.23 bits per heavy atom. The van der Waals surface area contributed by atoms with Crippen molar-refractivity contribution >= 4 is 0 Å². The summed E-state index contributed by atoms with van der Waals surface area (Å²) >= 11 is 0. The van der Waals surface area contributed by atoms with E-state index in [4.69, 9.17) is 9.26 Å². The Morgan fingerprint density at radius 3 is 2.77 bits per heavy atom. The van der Waals surface area contributed by atoms with Crippen LogP contribution in [0.3, 0.4) is 0 Å². The molecular formula is C19H29N5O2. The molecule has 2 atom stereocenters. The lowest BCUT2D eigenvalue weighted by Gasteiger charge is -2.37. The molecule has 3 heterocycles. The Labute approximate surface area is 154 Å². The summed E-state index contributed by atoms with van der Waals surface area (Å²) in [5.74, 6) is 2.06. The fraction of sp³-hybridized carbons (Fsp3) is 0.737. The summed E-state index contributed by atoms with van der Waals surface area (Å²) in [6, 6.07) is 0.898. The molecule has 1 saturated carbocycles. The molecule has 1 aliphatic heterocycles. The van der Waals surface area contributed by atoms with Crippen LogP contribution >= 0.6 is 0 Å². The van der Waals surface area contributed by atoms with Crippen molar-refractivity contribution in [1.82, 2.24) is 25.2 Å². The molecule has 0 radical (unpaired) electrons. The average molecular weight is 359 g/mol. The highest BCUT2D eigenvalue weighted by Gasteiger charge is 2.32. The topological polar surface area (TPSA) is 78.0 Å². The van der Waals surface area contributed by atoms with Crippen molar-refractivity contribution in [2.45, 2.75) is 76.0 Å². The third-order valence-electron chi connectivity index (χ3n) is 5.70. The van der Waals surface area contributed by atoms with E-state index in [1.54, 1.807) is 0 Å². The second-order valence-electron chi connectivity index (χ2n) is 7.61. The molecule has 1 saturated heterocycles. The van der Waals surface area contributed by atoms with E-state index in [-0.39, 0.29) is 6.10 Å². The molecule has 4 rings (SSSR count). The third kappa shape index (κ3) is 3.83. The van der Waals surface area contributed by atoms with E-state index in [2.05, 4.69) is 33.7 Å². The number of aryl methyl sites for hydroxylation is 2. The van der Waals surface area contributed by atoms with E-state index in [9.17, 15) is 0 Å². The zero-order valence-electron chi connectivity index (χ0n) is 15.7. The Balaban J connectivity index is 1.34. The van der Waals surface area contributed by atoms with Crippen LogP contribution in [0.1, 0.15) is 74.7 Å². The minimum atomic E-state index is 0.109. The number of nitrogens with zero attached hydrogens (tertiary/aromatic N) is 4. The van der Waals surface area contributed by atoms with E-state index in [1.807, 2.05) is 17.9 Å². The second-order valence-corrected chi connectivity index (χ2v) is 7.61. The van der Waals surface area contributed by atoms with Gasteiger partial charge in [-0.3, -0.25) is 4.68 Å². The molecule has 26 heavy (non-hydrogen) atoms. The van der Waals surface area contributed by atoms with Crippen molar-refractivity contribution in [3.63, 3.8) is 0 Å².